The molecule has 1 fully saturated rings. The maximum atomic E-state index is 12.3. The van der Waals surface area contributed by atoms with E-state index in [0.29, 0.717) is 29.1 Å². The van der Waals surface area contributed by atoms with Gasteiger partial charge >= 0.3 is 0 Å². The van der Waals surface area contributed by atoms with Crippen LogP contribution in [0.1, 0.15) is 11.1 Å². The van der Waals surface area contributed by atoms with Crippen molar-refractivity contribution in [2.45, 2.75) is 12.8 Å². The van der Waals surface area contributed by atoms with Gasteiger partial charge in [-0.15, -0.1) is 0 Å². The van der Waals surface area contributed by atoms with Crippen LogP contribution in [0, 0.1) is 0 Å². The predicted molar refractivity (Wildman–Crippen MR) is 172 cm³/mol. The summed E-state index contributed by atoms with van der Waals surface area (Å²) < 4.78 is 11.5. The Morgan fingerprint density at radius 2 is 1.65 bits per heavy atom. The smallest absolute Gasteiger partial charge is 0.236 e. The monoisotopic (exact) mass is 608 g/mol. The summed E-state index contributed by atoms with van der Waals surface area (Å²) in [5.41, 5.74) is 5.07. The molecule has 2 aromatic carbocycles. The van der Waals surface area contributed by atoms with E-state index in [9.17, 15) is 4.79 Å². The summed E-state index contributed by atoms with van der Waals surface area (Å²) in [7, 11) is 9.07. The number of hydrogen-bond donors (Lipinski definition) is 2. The minimum Gasteiger partial charge on any atom is -0.495 e. The number of aromatic nitrogens is 2. The highest BCUT2D eigenvalue weighted by Crippen LogP contribution is 2.35. The normalized spacial score (nSPS) is 15.8. The number of nitrogens with one attached hydrogen (secondary N) is 2. The van der Waals surface area contributed by atoms with E-state index >= 15 is 0 Å². The molecule has 3 heterocycles. The maximum Gasteiger partial charge on any atom is 0.236 e. The molecular weight excluding hydrogens is 568 g/mol. The van der Waals surface area contributed by atoms with Gasteiger partial charge in [0.05, 0.1) is 38.3 Å². The number of fused-ring (bicyclic) bond motifs is 1. The number of benzene rings is 2. The molecule has 1 saturated heterocycles. The highest BCUT2D eigenvalue weighted by molar-refractivity contribution is 6.32. The van der Waals surface area contributed by atoms with Crippen LogP contribution in [0.25, 0.3) is 0 Å². The van der Waals surface area contributed by atoms with Crippen molar-refractivity contribution in [2.75, 3.05) is 96.7 Å². The summed E-state index contributed by atoms with van der Waals surface area (Å²) in [5, 5.41) is 7.05. The molecule has 0 aliphatic carbocycles. The minimum absolute atomic E-state index is 0.111. The first-order valence-electron chi connectivity index (χ1n) is 14.5. The van der Waals surface area contributed by atoms with Gasteiger partial charge in [-0.25, -0.2) is 4.98 Å². The molecule has 3 aromatic rings. The number of amides is 1. The van der Waals surface area contributed by atoms with Gasteiger partial charge in [-0.05, 0) is 55.3 Å². The number of hydrogen-bond acceptors (Lipinski definition) is 10. The number of rotatable bonds is 9. The fourth-order valence-corrected chi connectivity index (χ4v) is 5.53. The topological polar surface area (TPSA) is 98.3 Å². The number of halogens is 1. The molecule has 0 bridgehead atoms. The Kier molecular flexibility index (Phi) is 9.74. The van der Waals surface area contributed by atoms with Crippen molar-refractivity contribution in [2.24, 2.45) is 0 Å². The summed E-state index contributed by atoms with van der Waals surface area (Å²) in [6.45, 7) is 5.98. The lowest BCUT2D eigenvalue weighted by Gasteiger charge is -2.34. The molecule has 0 atom stereocenters. The second-order valence-corrected chi connectivity index (χ2v) is 11.6. The van der Waals surface area contributed by atoms with Crippen molar-refractivity contribution in [3.63, 3.8) is 0 Å². The SMILES string of the molecule is COc1cc2c(cc1Nc1ncc(Cl)c(Nc3ccc(N4CCN(C)CC4)c(OC)c3)n1)CCN(CC(=O)N(C)C)CC2. The molecule has 2 aliphatic heterocycles. The first kappa shape index (κ1) is 30.7. The molecule has 230 valence electrons. The van der Waals surface area contributed by atoms with Gasteiger partial charge in [-0.3, -0.25) is 9.69 Å². The lowest BCUT2D eigenvalue weighted by molar-refractivity contribution is -0.129. The van der Waals surface area contributed by atoms with Crippen molar-refractivity contribution in [3.8, 4) is 11.5 Å². The molecule has 12 heteroatoms. The highest BCUT2D eigenvalue weighted by atomic mass is 35.5. The third-order valence-electron chi connectivity index (χ3n) is 8.05. The largest absolute Gasteiger partial charge is 0.495 e. The van der Waals surface area contributed by atoms with E-state index in [1.807, 2.05) is 12.1 Å². The van der Waals surface area contributed by atoms with Crippen LogP contribution >= 0.6 is 11.6 Å². The molecule has 1 aromatic heterocycles. The third-order valence-corrected chi connectivity index (χ3v) is 8.33. The zero-order chi connectivity index (χ0) is 30.5. The van der Waals surface area contributed by atoms with Crippen molar-refractivity contribution in [1.82, 2.24) is 24.7 Å². The van der Waals surface area contributed by atoms with Gasteiger partial charge in [0.15, 0.2) is 5.82 Å². The molecular formula is C31H41ClN8O3. The molecule has 0 unspecified atom stereocenters. The van der Waals surface area contributed by atoms with E-state index < -0.39 is 0 Å². The predicted octanol–water partition coefficient (Wildman–Crippen LogP) is 3.88. The number of ether oxygens (including phenoxy) is 2. The van der Waals surface area contributed by atoms with Crippen molar-refractivity contribution >= 4 is 46.3 Å². The summed E-state index contributed by atoms with van der Waals surface area (Å²) in [6, 6.07) is 10.2. The average molecular weight is 609 g/mol. The van der Waals surface area contributed by atoms with E-state index in [0.717, 1.165) is 74.9 Å². The van der Waals surface area contributed by atoms with E-state index in [4.69, 9.17) is 21.1 Å². The Balaban J connectivity index is 1.32. The van der Waals surface area contributed by atoms with Gasteiger partial charge in [0.25, 0.3) is 0 Å². The molecule has 0 saturated carbocycles. The number of likely N-dealkylation sites (N-methyl/N-ethyl adjacent to an activating group) is 2. The summed E-state index contributed by atoms with van der Waals surface area (Å²) in [4.78, 5) is 29.9. The van der Waals surface area contributed by atoms with E-state index in [1.54, 1.807) is 39.4 Å². The Labute approximate surface area is 258 Å². The summed E-state index contributed by atoms with van der Waals surface area (Å²) in [6.07, 6.45) is 3.24. The van der Waals surface area contributed by atoms with Gasteiger partial charge in [0.2, 0.25) is 11.9 Å². The molecule has 2 N–H and O–H groups in total. The number of piperazine rings is 1. The summed E-state index contributed by atoms with van der Waals surface area (Å²) >= 11 is 6.51. The van der Waals surface area contributed by atoms with Gasteiger partial charge < -0.3 is 34.8 Å². The van der Waals surface area contributed by atoms with Crippen molar-refractivity contribution < 1.29 is 14.3 Å². The Morgan fingerprint density at radius 3 is 2.33 bits per heavy atom. The maximum absolute atomic E-state index is 12.3. The van der Waals surface area contributed by atoms with E-state index in [2.05, 4.69) is 60.5 Å². The minimum atomic E-state index is 0.111. The first-order chi connectivity index (χ1) is 20.7. The van der Waals surface area contributed by atoms with Crippen LogP contribution in [0.3, 0.4) is 0 Å². The Morgan fingerprint density at radius 1 is 0.953 bits per heavy atom. The fraction of sp³-hybridized carbons (Fsp3) is 0.452. The Hall–Kier alpha value is -3.80. The van der Waals surface area contributed by atoms with Crippen LogP contribution < -0.4 is 25.0 Å². The first-order valence-corrected chi connectivity index (χ1v) is 14.9. The molecule has 0 radical (unpaired) electrons. The van der Waals surface area contributed by atoms with Crippen LogP contribution in [0.2, 0.25) is 5.02 Å². The standard InChI is InChI=1S/C31H41ClN8O3/c1-37(2)29(41)20-39-10-8-21-16-25(27(42-4)17-22(21)9-11-39)35-31-33-19-24(32)30(36-31)34-23-6-7-26(28(18-23)43-5)40-14-12-38(3)13-15-40/h6-7,16-19H,8-15,20H2,1-5H3,(H2,33,34,35,36). The molecule has 0 spiro atoms. The molecule has 2 aliphatic rings. The Bertz CT molecular complexity index is 1440. The van der Waals surface area contributed by atoms with Gasteiger partial charge in [-0.2, -0.15) is 4.98 Å². The number of anilines is 5. The number of carbonyl (C=O) groups excluding carboxylic acids is 1. The lowest BCUT2D eigenvalue weighted by Crippen LogP contribution is -2.44. The van der Waals surface area contributed by atoms with E-state index in [-0.39, 0.29) is 5.91 Å². The number of methoxy groups -OCH3 is 2. The van der Waals surface area contributed by atoms with Crippen LogP contribution in [-0.2, 0) is 17.6 Å². The van der Waals surface area contributed by atoms with Gasteiger partial charge in [0.1, 0.15) is 16.5 Å². The molecule has 1 amide bonds. The fourth-order valence-electron chi connectivity index (χ4n) is 5.39. The number of nitrogens with zero attached hydrogens (tertiary/aromatic N) is 6. The summed E-state index contributed by atoms with van der Waals surface area (Å²) in [5.74, 6) is 2.47. The van der Waals surface area contributed by atoms with Gasteiger partial charge in [-0.1, -0.05) is 11.6 Å². The molecule has 11 nitrogen and oxygen atoms in total. The van der Waals surface area contributed by atoms with E-state index in [1.165, 1.54) is 11.1 Å². The van der Waals surface area contributed by atoms with Crippen molar-refractivity contribution in [1.29, 1.82) is 0 Å². The van der Waals surface area contributed by atoms with Crippen LogP contribution in [0.15, 0.2) is 36.5 Å². The second kappa shape index (κ2) is 13.7. The second-order valence-electron chi connectivity index (χ2n) is 11.2. The van der Waals surface area contributed by atoms with Crippen LogP contribution in [0.5, 0.6) is 11.5 Å². The highest BCUT2D eigenvalue weighted by Gasteiger charge is 2.21. The van der Waals surface area contributed by atoms with Gasteiger partial charge in [0, 0.05) is 65.1 Å². The quantitative estimate of drug-likeness (QED) is 0.372. The lowest BCUT2D eigenvalue weighted by atomic mass is 10.0. The van der Waals surface area contributed by atoms with Crippen LogP contribution in [0.4, 0.5) is 28.8 Å². The van der Waals surface area contributed by atoms with Crippen molar-refractivity contribution in [3.05, 3.63) is 52.7 Å². The molecule has 5 rings (SSSR count). The molecule has 43 heavy (non-hydrogen) atoms. The zero-order valence-electron chi connectivity index (χ0n) is 25.6. The number of carbonyl (C=O) groups is 1. The van der Waals surface area contributed by atoms with Crippen LogP contribution in [-0.4, -0.2) is 112 Å². The average Bonchev–Trinajstić information content (AvgIpc) is 3.20. The third kappa shape index (κ3) is 7.41. The zero-order valence-corrected chi connectivity index (χ0v) is 26.4.